The summed E-state index contributed by atoms with van der Waals surface area (Å²) in [5, 5.41) is 2.97. The molecule has 1 amide bonds. The molecular weight excluding hydrogens is 384 g/mol. The van der Waals surface area contributed by atoms with Gasteiger partial charge >= 0.3 is 0 Å². The van der Waals surface area contributed by atoms with Crippen LogP contribution in [0, 0.1) is 0 Å². The van der Waals surface area contributed by atoms with Crippen LogP contribution in [-0.2, 0) is 26.7 Å². The van der Waals surface area contributed by atoms with Crippen molar-refractivity contribution in [3.05, 3.63) is 65.7 Å². The van der Waals surface area contributed by atoms with Crippen molar-refractivity contribution in [2.45, 2.75) is 52.0 Å². The Labute approximate surface area is 175 Å². The number of benzene rings is 2. The van der Waals surface area contributed by atoms with E-state index in [1.54, 1.807) is 12.1 Å². The van der Waals surface area contributed by atoms with E-state index in [2.05, 4.69) is 26.1 Å². The van der Waals surface area contributed by atoms with E-state index in [4.69, 9.17) is 0 Å². The molecule has 0 saturated heterocycles. The quantitative estimate of drug-likeness (QED) is 0.745. The van der Waals surface area contributed by atoms with Gasteiger partial charge in [-0.3, -0.25) is 9.10 Å². The van der Waals surface area contributed by atoms with Gasteiger partial charge in [-0.15, -0.1) is 0 Å². The van der Waals surface area contributed by atoms with Crippen LogP contribution in [0.3, 0.4) is 0 Å². The van der Waals surface area contributed by atoms with E-state index >= 15 is 0 Å². The standard InChI is InChI=1S/C23H32N2O3S/c1-22(2,3)19-12-14-20(15-13-19)25(29(6,27)28)17-21(26)24-23(4,5)16-18-10-8-7-9-11-18/h7-15H,16-17H2,1-6H3,(H,24,26). The monoisotopic (exact) mass is 416 g/mol. The number of amides is 1. The van der Waals surface area contributed by atoms with E-state index < -0.39 is 15.6 Å². The molecule has 0 aliphatic carbocycles. The molecule has 5 nitrogen and oxygen atoms in total. The average Bonchev–Trinajstić information content (AvgIpc) is 2.58. The fourth-order valence-electron chi connectivity index (χ4n) is 3.23. The van der Waals surface area contributed by atoms with Crippen molar-refractivity contribution < 1.29 is 13.2 Å². The molecule has 1 N–H and O–H groups in total. The summed E-state index contributed by atoms with van der Waals surface area (Å²) in [7, 11) is -3.60. The van der Waals surface area contributed by atoms with Gasteiger partial charge < -0.3 is 5.32 Å². The first-order chi connectivity index (χ1) is 13.3. The lowest BCUT2D eigenvalue weighted by Gasteiger charge is -2.29. The molecule has 0 unspecified atom stereocenters. The third-order valence-corrected chi connectivity index (χ3v) is 5.82. The van der Waals surface area contributed by atoms with Gasteiger partial charge in [0.1, 0.15) is 6.54 Å². The first kappa shape index (κ1) is 22.9. The Bertz CT molecular complexity index is 928. The summed E-state index contributed by atoms with van der Waals surface area (Å²) in [5.41, 5.74) is 2.15. The van der Waals surface area contributed by atoms with Crippen molar-refractivity contribution in [3.8, 4) is 0 Å². The molecule has 0 saturated carbocycles. The van der Waals surface area contributed by atoms with Crippen LogP contribution in [0.25, 0.3) is 0 Å². The van der Waals surface area contributed by atoms with E-state index in [-0.39, 0.29) is 17.9 Å². The average molecular weight is 417 g/mol. The number of hydrogen-bond donors (Lipinski definition) is 1. The summed E-state index contributed by atoms with van der Waals surface area (Å²) in [6, 6.07) is 17.2. The summed E-state index contributed by atoms with van der Waals surface area (Å²) in [5.74, 6) is -0.337. The minimum Gasteiger partial charge on any atom is -0.349 e. The lowest BCUT2D eigenvalue weighted by atomic mass is 9.87. The van der Waals surface area contributed by atoms with Crippen LogP contribution < -0.4 is 9.62 Å². The maximum absolute atomic E-state index is 12.7. The summed E-state index contributed by atoms with van der Waals surface area (Å²) >= 11 is 0. The van der Waals surface area contributed by atoms with E-state index in [1.807, 2.05) is 56.3 Å². The van der Waals surface area contributed by atoms with Gasteiger partial charge in [-0.2, -0.15) is 0 Å². The van der Waals surface area contributed by atoms with Gasteiger partial charge in [0.15, 0.2) is 0 Å². The predicted molar refractivity (Wildman–Crippen MR) is 120 cm³/mol. The molecule has 6 heteroatoms. The van der Waals surface area contributed by atoms with Crippen molar-refractivity contribution in [2.24, 2.45) is 0 Å². The van der Waals surface area contributed by atoms with Gasteiger partial charge in [0.2, 0.25) is 15.9 Å². The van der Waals surface area contributed by atoms with Crippen molar-refractivity contribution in [1.82, 2.24) is 5.32 Å². The molecule has 0 radical (unpaired) electrons. The highest BCUT2D eigenvalue weighted by atomic mass is 32.2. The Balaban J connectivity index is 2.15. The van der Waals surface area contributed by atoms with E-state index in [9.17, 15) is 13.2 Å². The predicted octanol–water partition coefficient (Wildman–Crippen LogP) is 3.89. The zero-order valence-electron chi connectivity index (χ0n) is 18.2. The number of carbonyl (C=O) groups excluding carboxylic acids is 1. The van der Waals surface area contributed by atoms with E-state index in [1.165, 1.54) is 0 Å². The van der Waals surface area contributed by atoms with Crippen LogP contribution in [0.1, 0.15) is 45.7 Å². The van der Waals surface area contributed by atoms with Gasteiger partial charge in [0, 0.05) is 5.54 Å². The molecule has 2 rings (SSSR count). The van der Waals surface area contributed by atoms with Crippen LogP contribution >= 0.6 is 0 Å². The zero-order valence-corrected chi connectivity index (χ0v) is 19.0. The van der Waals surface area contributed by atoms with Gasteiger partial charge in [-0.1, -0.05) is 63.2 Å². The van der Waals surface area contributed by atoms with E-state index in [0.717, 1.165) is 21.7 Å². The van der Waals surface area contributed by atoms with Crippen molar-refractivity contribution in [1.29, 1.82) is 0 Å². The number of sulfonamides is 1. The second-order valence-electron chi connectivity index (χ2n) is 9.16. The van der Waals surface area contributed by atoms with Gasteiger partial charge in [-0.05, 0) is 48.9 Å². The van der Waals surface area contributed by atoms with Crippen molar-refractivity contribution >= 4 is 21.6 Å². The maximum atomic E-state index is 12.7. The van der Waals surface area contributed by atoms with Crippen LogP contribution in [0.15, 0.2) is 54.6 Å². The highest BCUT2D eigenvalue weighted by Crippen LogP contribution is 2.26. The first-order valence-corrected chi connectivity index (χ1v) is 11.6. The minimum absolute atomic E-state index is 0.0344. The number of nitrogens with one attached hydrogen (secondary N) is 1. The number of carbonyl (C=O) groups is 1. The molecule has 158 valence electrons. The second kappa shape index (κ2) is 8.57. The summed E-state index contributed by atoms with van der Waals surface area (Å²) < 4.78 is 25.8. The number of anilines is 1. The van der Waals surface area contributed by atoms with E-state index in [0.29, 0.717) is 12.1 Å². The third-order valence-electron chi connectivity index (χ3n) is 4.68. The Hall–Kier alpha value is -2.34. The highest BCUT2D eigenvalue weighted by molar-refractivity contribution is 7.92. The third kappa shape index (κ3) is 6.89. The molecule has 0 atom stereocenters. The Morgan fingerprint density at radius 2 is 1.48 bits per heavy atom. The molecule has 0 fully saturated rings. The van der Waals surface area contributed by atoms with Gasteiger partial charge in [-0.25, -0.2) is 8.42 Å². The molecule has 2 aromatic rings. The number of rotatable bonds is 7. The van der Waals surface area contributed by atoms with Crippen LogP contribution in [0.4, 0.5) is 5.69 Å². The Morgan fingerprint density at radius 1 is 0.931 bits per heavy atom. The fraction of sp³-hybridized carbons (Fsp3) is 0.435. The lowest BCUT2D eigenvalue weighted by molar-refractivity contribution is -0.121. The molecule has 0 heterocycles. The largest absolute Gasteiger partial charge is 0.349 e. The molecule has 0 bridgehead atoms. The Kier molecular flexibility index (Phi) is 6.78. The normalized spacial score (nSPS) is 12.5. The highest BCUT2D eigenvalue weighted by Gasteiger charge is 2.26. The second-order valence-corrected chi connectivity index (χ2v) is 11.1. The molecule has 0 spiro atoms. The lowest BCUT2D eigenvalue weighted by Crippen LogP contribution is -2.50. The smallest absolute Gasteiger partial charge is 0.241 e. The molecular formula is C23H32N2O3S. The van der Waals surface area contributed by atoms with Crippen LogP contribution in [0.5, 0.6) is 0 Å². The maximum Gasteiger partial charge on any atom is 0.241 e. The SMILES string of the molecule is CC(C)(Cc1ccccc1)NC(=O)CN(c1ccc(C(C)(C)C)cc1)S(C)(=O)=O. The van der Waals surface area contributed by atoms with Gasteiger partial charge in [0.25, 0.3) is 0 Å². The summed E-state index contributed by atoms with van der Waals surface area (Å²) in [4.78, 5) is 12.7. The topological polar surface area (TPSA) is 66.5 Å². The van der Waals surface area contributed by atoms with Crippen molar-refractivity contribution in [3.63, 3.8) is 0 Å². The first-order valence-electron chi connectivity index (χ1n) is 9.71. The minimum atomic E-state index is -3.60. The molecule has 0 aliphatic heterocycles. The molecule has 29 heavy (non-hydrogen) atoms. The molecule has 2 aromatic carbocycles. The van der Waals surface area contributed by atoms with Crippen molar-refractivity contribution in [2.75, 3.05) is 17.1 Å². The molecule has 0 aliphatic rings. The summed E-state index contributed by atoms with van der Waals surface area (Å²) in [6.45, 7) is 9.89. The van der Waals surface area contributed by atoms with Gasteiger partial charge in [0.05, 0.1) is 11.9 Å². The molecule has 0 aromatic heterocycles. The zero-order chi connectivity index (χ0) is 21.9. The van der Waals surface area contributed by atoms with Crippen LogP contribution in [-0.4, -0.2) is 32.7 Å². The van der Waals surface area contributed by atoms with Crippen LogP contribution in [0.2, 0.25) is 0 Å². The number of nitrogens with zero attached hydrogens (tertiary/aromatic N) is 1. The summed E-state index contributed by atoms with van der Waals surface area (Å²) in [6.07, 6.45) is 1.77. The Morgan fingerprint density at radius 3 is 1.97 bits per heavy atom. The fourth-order valence-corrected chi connectivity index (χ4v) is 4.08. The number of hydrogen-bond acceptors (Lipinski definition) is 3.